The fourth-order valence-electron chi connectivity index (χ4n) is 2.63. The van der Waals surface area contributed by atoms with Gasteiger partial charge in [0, 0.05) is 0 Å². The summed E-state index contributed by atoms with van der Waals surface area (Å²) in [5.41, 5.74) is 1.54. The topological polar surface area (TPSA) is 84.9 Å². The number of nitrogens with one attached hydrogen (secondary N) is 1. The first kappa shape index (κ1) is 24.2. The van der Waals surface area contributed by atoms with Crippen LogP contribution in [-0.2, 0) is 9.36 Å². The summed E-state index contributed by atoms with van der Waals surface area (Å²) >= 11 is 0. The third-order valence-corrected chi connectivity index (χ3v) is 5.87. The van der Waals surface area contributed by atoms with Gasteiger partial charge in [-0.3, -0.25) is 4.79 Å². The smallest absolute Gasteiger partial charge is 0.480 e. The van der Waals surface area contributed by atoms with Crippen molar-refractivity contribution in [2.45, 2.75) is 13.0 Å². The van der Waals surface area contributed by atoms with Gasteiger partial charge < -0.3 is 14.2 Å². The minimum atomic E-state index is -5.04. The summed E-state index contributed by atoms with van der Waals surface area (Å²) in [6.45, 7) is 0.999. The maximum Gasteiger partial charge on any atom is 0.513 e. The molecule has 2 N–H and O–H groups in total. The van der Waals surface area contributed by atoms with E-state index in [1.807, 2.05) is 23.3 Å². The Kier molecular flexibility index (Phi) is 7.04. The van der Waals surface area contributed by atoms with Gasteiger partial charge in [-0.05, 0) is 30.2 Å². The Labute approximate surface area is 184 Å². The van der Waals surface area contributed by atoms with Gasteiger partial charge in [-0.1, -0.05) is 42.5 Å². The number of halogens is 5. The van der Waals surface area contributed by atoms with Crippen LogP contribution in [0.3, 0.4) is 0 Å². The number of carboxylic acids is 1. The number of rotatable bonds is 8. The highest BCUT2D eigenvalue weighted by atomic mass is 31.2. The highest BCUT2D eigenvalue weighted by Gasteiger charge is 2.38. The zero-order valence-electron chi connectivity index (χ0n) is 16.7. The van der Waals surface area contributed by atoms with Gasteiger partial charge in [0.05, 0.1) is 0 Å². The second-order valence-corrected chi connectivity index (χ2v) is 8.28. The Morgan fingerprint density at radius 1 is 0.818 bits per heavy atom. The van der Waals surface area contributed by atoms with Gasteiger partial charge in [0.2, 0.25) is 34.8 Å². The number of carboxylic acid groups (broad SMARTS) is 1. The van der Waals surface area contributed by atoms with Crippen molar-refractivity contribution in [1.82, 2.24) is 5.09 Å². The molecule has 0 aromatic heterocycles. The minimum Gasteiger partial charge on any atom is -0.480 e. The van der Waals surface area contributed by atoms with Crippen LogP contribution in [0.4, 0.5) is 22.0 Å². The lowest BCUT2D eigenvalue weighted by molar-refractivity contribution is -0.138. The Morgan fingerprint density at radius 2 is 1.30 bits per heavy atom. The van der Waals surface area contributed by atoms with E-state index in [2.05, 4.69) is 4.52 Å². The second-order valence-electron chi connectivity index (χ2n) is 6.66. The molecule has 0 saturated heterocycles. The van der Waals surface area contributed by atoms with Crippen LogP contribution in [0.2, 0.25) is 0 Å². The van der Waals surface area contributed by atoms with Crippen molar-refractivity contribution in [3.05, 3.63) is 83.7 Å². The molecule has 0 amide bonds. The van der Waals surface area contributed by atoms with E-state index in [4.69, 9.17) is 9.63 Å². The van der Waals surface area contributed by atoms with Crippen molar-refractivity contribution >= 4 is 13.7 Å². The van der Waals surface area contributed by atoms with Crippen LogP contribution >= 0.6 is 7.75 Å². The fourth-order valence-corrected chi connectivity index (χ4v) is 4.15. The van der Waals surface area contributed by atoms with Gasteiger partial charge in [0.1, 0.15) is 11.8 Å². The van der Waals surface area contributed by atoms with Gasteiger partial charge in [0.25, 0.3) is 0 Å². The summed E-state index contributed by atoms with van der Waals surface area (Å²) in [7, 11) is -5.04. The maximum absolute atomic E-state index is 14.0. The van der Waals surface area contributed by atoms with Crippen LogP contribution in [0.15, 0.2) is 54.6 Å². The molecule has 0 fully saturated rings. The molecule has 3 rings (SSSR count). The molecule has 0 aliphatic rings. The van der Waals surface area contributed by atoms with Crippen molar-refractivity contribution in [3.63, 3.8) is 0 Å². The lowest BCUT2D eigenvalue weighted by atomic mass is 10.1. The average Bonchev–Trinajstić information content (AvgIpc) is 2.80. The molecule has 0 unspecified atom stereocenters. The van der Waals surface area contributed by atoms with Crippen molar-refractivity contribution in [1.29, 1.82) is 0 Å². The molecule has 0 aliphatic carbocycles. The largest absolute Gasteiger partial charge is 0.513 e. The number of carbonyl (C=O) groups is 1. The molecule has 3 aromatic carbocycles. The zero-order chi connectivity index (χ0) is 24.3. The van der Waals surface area contributed by atoms with E-state index in [1.54, 1.807) is 12.1 Å². The second kappa shape index (κ2) is 9.60. The Morgan fingerprint density at radius 3 is 1.82 bits per heavy atom. The van der Waals surface area contributed by atoms with Crippen LogP contribution in [0.5, 0.6) is 11.5 Å². The monoisotopic (exact) mass is 487 g/mol. The molecular weight excluding hydrogens is 472 g/mol. The highest BCUT2D eigenvalue weighted by molar-refractivity contribution is 7.52. The van der Waals surface area contributed by atoms with Crippen LogP contribution < -0.4 is 14.1 Å². The molecule has 6 nitrogen and oxygen atoms in total. The summed E-state index contributed by atoms with van der Waals surface area (Å²) < 4.78 is 91.3. The van der Waals surface area contributed by atoms with Crippen molar-refractivity contribution in [2.24, 2.45) is 0 Å². The number of benzene rings is 3. The quantitative estimate of drug-likeness (QED) is 0.184. The highest BCUT2D eigenvalue weighted by Crippen LogP contribution is 2.47. The maximum atomic E-state index is 14.0. The molecule has 0 saturated carbocycles. The average molecular weight is 487 g/mol. The lowest BCUT2D eigenvalue weighted by Gasteiger charge is -2.23. The first-order valence-corrected chi connectivity index (χ1v) is 10.7. The third kappa shape index (κ3) is 5.32. The third-order valence-electron chi connectivity index (χ3n) is 4.29. The predicted molar refractivity (Wildman–Crippen MR) is 107 cm³/mol. The molecule has 0 heterocycles. The van der Waals surface area contributed by atoms with Gasteiger partial charge in [-0.2, -0.15) is 13.9 Å². The van der Waals surface area contributed by atoms with E-state index < -0.39 is 54.6 Å². The molecule has 174 valence electrons. The van der Waals surface area contributed by atoms with E-state index in [0.717, 1.165) is 12.5 Å². The van der Waals surface area contributed by atoms with Crippen LogP contribution in [0.1, 0.15) is 6.92 Å². The minimum absolute atomic E-state index is 0.202. The molecule has 3 aromatic rings. The van der Waals surface area contributed by atoms with Crippen molar-refractivity contribution in [2.75, 3.05) is 0 Å². The summed E-state index contributed by atoms with van der Waals surface area (Å²) in [5.74, 6) is -15.6. The van der Waals surface area contributed by atoms with Gasteiger partial charge in [-0.25, -0.2) is 17.7 Å². The van der Waals surface area contributed by atoms with Crippen LogP contribution in [0, 0.1) is 29.1 Å². The van der Waals surface area contributed by atoms with E-state index in [9.17, 15) is 31.3 Å². The predicted octanol–water partition coefficient (Wildman–Crippen LogP) is 5.68. The SMILES string of the molecule is C[C@H](N[P@](=O)(Oc1ccc(-c2ccccc2)cc1)Oc1c(F)c(F)c(F)c(F)c1F)C(=O)O. The molecule has 0 bridgehead atoms. The van der Waals surface area contributed by atoms with E-state index >= 15 is 0 Å². The fraction of sp³-hybridized carbons (Fsp3) is 0.0952. The zero-order valence-corrected chi connectivity index (χ0v) is 17.6. The number of aliphatic carboxylic acids is 1. The first-order valence-electron chi connectivity index (χ1n) is 9.19. The van der Waals surface area contributed by atoms with E-state index in [0.29, 0.717) is 5.56 Å². The normalized spacial score (nSPS) is 13.8. The molecule has 0 radical (unpaired) electrons. The van der Waals surface area contributed by atoms with Gasteiger partial charge >= 0.3 is 13.7 Å². The van der Waals surface area contributed by atoms with Crippen molar-refractivity contribution in [3.8, 4) is 22.6 Å². The molecule has 0 spiro atoms. The molecule has 12 heteroatoms. The summed E-state index contributed by atoms with van der Waals surface area (Å²) in [6.07, 6.45) is 0. The molecule has 2 atom stereocenters. The molecule has 0 aliphatic heterocycles. The van der Waals surface area contributed by atoms with Crippen LogP contribution in [-0.4, -0.2) is 17.1 Å². The lowest BCUT2D eigenvalue weighted by Crippen LogP contribution is -2.34. The number of hydrogen-bond donors (Lipinski definition) is 2. The van der Waals surface area contributed by atoms with Gasteiger partial charge in [-0.15, -0.1) is 0 Å². The first-order chi connectivity index (χ1) is 15.5. The Bertz CT molecular complexity index is 1190. The Hall–Kier alpha value is -3.43. The van der Waals surface area contributed by atoms with Crippen LogP contribution in [0.25, 0.3) is 11.1 Å². The Balaban J connectivity index is 1.97. The van der Waals surface area contributed by atoms with Crippen molar-refractivity contribution < 1.29 is 45.5 Å². The van der Waals surface area contributed by atoms with Gasteiger partial charge in [0.15, 0.2) is 0 Å². The molecular formula is C21H15F5NO5P. The van der Waals surface area contributed by atoms with E-state index in [-0.39, 0.29) is 5.75 Å². The van der Waals surface area contributed by atoms with E-state index in [1.165, 1.54) is 24.3 Å². The molecule has 33 heavy (non-hydrogen) atoms. The number of hydrogen-bond acceptors (Lipinski definition) is 4. The summed E-state index contributed by atoms with van der Waals surface area (Å²) in [4.78, 5) is 11.2. The summed E-state index contributed by atoms with van der Waals surface area (Å²) in [6, 6.07) is 13.0. The summed E-state index contributed by atoms with van der Waals surface area (Å²) in [5, 5.41) is 10.9. The standard InChI is InChI=1S/C21H15F5NO5P/c1-11(21(28)29)27-33(30,32-20-18(25)16(23)15(22)17(24)19(20)26)31-14-9-7-13(8-10-14)12-5-3-2-4-6-12/h2-11H,1H3,(H,27,30)(H,28,29)/t11-,33-/m0/s1.